The number of rotatable bonds is 4. The molecule has 0 fully saturated rings. The van der Waals surface area contributed by atoms with Crippen LogP contribution in [0.1, 0.15) is 46.3 Å². The summed E-state index contributed by atoms with van der Waals surface area (Å²) in [6.45, 7) is 0. The fraction of sp³-hybridized carbons (Fsp3) is 0.286. The van der Waals surface area contributed by atoms with Gasteiger partial charge in [0.25, 0.3) is 5.91 Å². The topological polar surface area (TPSA) is 77.3 Å². The summed E-state index contributed by atoms with van der Waals surface area (Å²) >= 11 is 0. The molecule has 1 atom stereocenters. The van der Waals surface area contributed by atoms with Gasteiger partial charge in [0.1, 0.15) is 5.76 Å². The molecule has 1 aromatic carbocycles. The number of halogens is 3. The molecule has 4 rings (SSSR count). The molecule has 0 saturated heterocycles. The second-order valence-corrected chi connectivity index (χ2v) is 6.91. The van der Waals surface area contributed by atoms with Crippen LogP contribution in [-0.4, -0.2) is 23.0 Å². The van der Waals surface area contributed by atoms with Gasteiger partial charge >= 0.3 is 6.18 Å². The molecule has 2 heterocycles. The van der Waals surface area contributed by atoms with Crippen LogP contribution in [0.2, 0.25) is 0 Å². The molecule has 0 saturated carbocycles. The van der Waals surface area contributed by atoms with E-state index in [1.165, 1.54) is 19.2 Å². The lowest BCUT2D eigenvalue weighted by Gasteiger charge is -2.21. The minimum atomic E-state index is -4.51. The lowest BCUT2D eigenvalue weighted by molar-refractivity contribution is -0.137. The number of benzene rings is 1. The van der Waals surface area contributed by atoms with Gasteiger partial charge in [0, 0.05) is 23.4 Å². The third kappa shape index (κ3) is 4.00. The number of nitrogens with one attached hydrogen (secondary N) is 1. The number of amides is 1. The van der Waals surface area contributed by atoms with Crippen molar-refractivity contribution in [2.45, 2.75) is 31.5 Å². The first-order valence-corrected chi connectivity index (χ1v) is 9.33. The van der Waals surface area contributed by atoms with E-state index in [-0.39, 0.29) is 5.56 Å². The summed E-state index contributed by atoms with van der Waals surface area (Å²) < 4.78 is 49.9. The summed E-state index contributed by atoms with van der Waals surface area (Å²) in [7, 11) is 1.51. The number of ether oxygens (including phenoxy) is 1. The number of carbonyl (C=O) groups excluding carboxylic acids is 1. The summed E-state index contributed by atoms with van der Waals surface area (Å²) in [5, 5.41) is 2.78. The van der Waals surface area contributed by atoms with E-state index in [4.69, 9.17) is 9.15 Å². The van der Waals surface area contributed by atoms with E-state index in [2.05, 4.69) is 15.3 Å². The number of hydrogen-bond donors (Lipinski definition) is 1. The van der Waals surface area contributed by atoms with E-state index in [1.54, 1.807) is 18.3 Å². The van der Waals surface area contributed by atoms with Crippen molar-refractivity contribution < 1.29 is 27.1 Å². The van der Waals surface area contributed by atoms with Crippen LogP contribution >= 0.6 is 0 Å². The highest BCUT2D eigenvalue weighted by atomic mass is 19.4. The number of oxazole rings is 1. The van der Waals surface area contributed by atoms with E-state index in [0.29, 0.717) is 35.9 Å². The van der Waals surface area contributed by atoms with Crippen molar-refractivity contribution in [3.63, 3.8) is 0 Å². The molecule has 2 aromatic heterocycles. The molecule has 0 aliphatic heterocycles. The first-order valence-electron chi connectivity index (χ1n) is 9.33. The Morgan fingerprint density at radius 3 is 2.87 bits per heavy atom. The molecule has 9 heteroatoms. The molecule has 0 bridgehead atoms. The average molecular weight is 417 g/mol. The second kappa shape index (κ2) is 7.81. The van der Waals surface area contributed by atoms with Gasteiger partial charge in [-0.25, -0.2) is 9.97 Å². The van der Waals surface area contributed by atoms with Crippen LogP contribution in [0, 0.1) is 0 Å². The van der Waals surface area contributed by atoms with E-state index in [1.807, 2.05) is 0 Å². The Morgan fingerprint density at radius 2 is 2.10 bits per heavy atom. The summed E-state index contributed by atoms with van der Waals surface area (Å²) in [6.07, 6.45) is -0.876. The van der Waals surface area contributed by atoms with Crippen LogP contribution in [0.25, 0.3) is 11.5 Å². The molecule has 1 aliphatic carbocycles. The van der Waals surface area contributed by atoms with Gasteiger partial charge < -0.3 is 14.5 Å². The second-order valence-electron chi connectivity index (χ2n) is 6.91. The lowest BCUT2D eigenvalue weighted by atomic mass is 9.96. The Morgan fingerprint density at radius 1 is 1.27 bits per heavy atom. The molecule has 0 radical (unpaired) electrons. The quantitative estimate of drug-likeness (QED) is 0.673. The van der Waals surface area contributed by atoms with Crippen LogP contribution in [0.4, 0.5) is 13.2 Å². The van der Waals surface area contributed by atoms with Gasteiger partial charge in [-0.2, -0.15) is 13.2 Å². The molecule has 1 N–H and O–H groups in total. The van der Waals surface area contributed by atoms with E-state index in [9.17, 15) is 18.0 Å². The highest BCUT2D eigenvalue weighted by Gasteiger charge is 2.32. The number of methoxy groups -OCH3 is 1. The number of fused-ring (bicyclic) bond motifs is 1. The average Bonchev–Trinajstić information content (AvgIpc) is 3.19. The summed E-state index contributed by atoms with van der Waals surface area (Å²) in [4.78, 5) is 21.2. The fourth-order valence-corrected chi connectivity index (χ4v) is 3.41. The van der Waals surface area contributed by atoms with Crippen LogP contribution in [0.5, 0.6) is 5.88 Å². The van der Waals surface area contributed by atoms with Gasteiger partial charge in [-0.3, -0.25) is 4.79 Å². The Hall–Kier alpha value is -3.36. The molecule has 1 aliphatic rings. The molecule has 1 unspecified atom stereocenters. The van der Waals surface area contributed by atoms with Gasteiger partial charge in [0.15, 0.2) is 0 Å². The normalized spacial score (nSPS) is 16.1. The van der Waals surface area contributed by atoms with Crippen molar-refractivity contribution in [2.24, 2.45) is 0 Å². The van der Waals surface area contributed by atoms with Gasteiger partial charge in [0.2, 0.25) is 11.8 Å². The predicted octanol–water partition coefficient (Wildman–Crippen LogP) is 4.57. The molecule has 0 spiro atoms. The summed E-state index contributed by atoms with van der Waals surface area (Å²) in [6, 6.07) is 7.29. The molecule has 6 nitrogen and oxygen atoms in total. The predicted molar refractivity (Wildman–Crippen MR) is 101 cm³/mol. The van der Waals surface area contributed by atoms with E-state index >= 15 is 0 Å². The Bertz CT molecular complexity index is 1080. The first kappa shape index (κ1) is 19.9. The smallest absolute Gasteiger partial charge is 0.416 e. The highest BCUT2D eigenvalue weighted by Crippen LogP contribution is 2.34. The summed E-state index contributed by atoms with van der Waals surface area (Å²) in [5.74, 6) is 0.717. The molecule has 156 valence electrons. The lowest BCUT2D eigenvalue weighted by Crippen LogP contribution is -2.30. The monoisotopic (exact) mass is 417 g/mol. The zero-order valence-corrected chi connectivity index (χ0v) is 16.0. The minimum absolute atomic E-state index is 0.0597. The number of pyridine rings is 1. The van der Waals surface area contributed by atoms with Crippen molar-refractivity contribution in [1.29, 1.82) is 0 Å². The largest absolute Gasteiger partial charge is 0.481 e. The van der Waals surface area contributed by atoms with Crippen molar-refractivity contribution in [1.82, 2.24) is 15.3 Å². The third-order valence-electron chi connectivity index (χ3n) is 4.90. The maximum absolute atomic E-state index is 12.9. The zero-order chi connectivity index (χ0) is 21.3. The van der Waals surface area contributed by atoms with Crippen molar-refractivity contribution in [3.05, 3.63) is 65.2 Å². The highest BCUT2D eigenvalue weighted by molar-refractivity contribution is 5.94. The number of nitrogens with zero attached hydrogens (tertiary/aromatic N) is 2. The van der Waals surface area contributed by atoms with Gasteiger partial charge in [-0.05, 0) is 43.5 Å². The van der Waals surface area contributed by atoms with Gasteiger partial charge in [0.05, 0.1) is 24.4 Å². The van der Waals surface area contributed by atoms with Crippen LogP contribution in [-0.2, 0) is 12.6 Å². The number of aryl methyl sites for hydroxylation is 1. The Kier molecular flexibility index (Phi) is 5.19. The minimum Gasteiger partial charge on any atom is -0.481 e. The maximum Gasteiger partial charge on any atom is 0.416 e. The SMILES string of the molecule is COc1cc(-c2nc3c(o2)C(NC(=O)c2cccc(C(F)(F)F)c2)CCC3)ccn1. The van der Waals surface area contributed by atoms with E-state index in [0.717, 1.165) is 24.2 Å². The Balaban J connectivity index is 1.58. The molecule has 1 amide bonds. The number of aromatic nitrogens is 2. The van der Waals surface area contributed by atoms with Crippen LogP contribution < -0.4 is 10.1 Å². The van der Waals surface area contributed by atoms with Crippen LogP contribution in [0.15, 0.2) is 47.0 Å². The Labute approximate surface area is 170 Å². The number of alkyl halides is 3. The van der Waals surface area contributed by atoms with Crippen molar-refractivity contribution in [2.75, 3.05) is 7.11 Å². The summed E-state index contributed by atoms with van der Waals surface area (Å²) in [5.41, 5.74) is 0.476. The van der Waals surface area contributed by atoms with Crippen molar-refractivity contribution >= 4 is 5.91 Å². The molecular weight excluding hydrogens is 399 g/mol. The van der Waals surface area contributed by atoms with Crippen LogP contribution in [0.3, 0.4) is 0 Å². The molecule has 3 aromatic rings. The van der Waals surface area contributed by atoms with Gasteiger partial charge in [-0.15, -0.1) is 0 Å². The number of carbonyl (C=O) groups is 1. The standard InChI is InChI=1S/C21H18F3N3O3/c1-29-17-11-13(8-9-25-17)20-27-16-7-3-6-15(18(16)30-20)26-19(28)12-4-2-5-14(10-12)21(22,23)24/h2,4-5,8-11,15H,3,6-7H2,1H3,(H,26,28). The third-order valence-corrected chi connectivity index (χ3v) is 4.90. The van der Waals surface area contributed by atoms with E-state index < -0.39 is 23.7 Å². The first-order chi connectivity index (χ1) is 14.3. The number of hydrogen-bond acceptors (Lipinski definition) is 5. The fourth-order valence-electron chi connectivity index (χ4n) is 3.41. The maximum atomic E-state index is 12.9. The zero-order valence-electron chi connectivity index (χ0n) is 16.0. The van der Waals surface area contributed by atoms with Crippen molar-refractivity contribution in [3.8, 4) is 17.3 Å². The molecule has 30 heavy (non-hydrogen) atoms. The molecular formula is C21H18F3N3O3. The van der Waals surface area contributed by atoms with Gasteiger partial charge in [-0.1, -0.05) is 6.07 Å².